The summed E-state index contributed by atoms with van der Waals surface area (Å²) in [6.45, 7) is 8.07. The molecule has 2 aromatic carbocycles. The molecule has 2 heterocycles. The van der Waals surface area contributed by atoms with Crippen LogP contribution in [0.25, 0.3) is 21.0 Å². The quantitative estimate of drug-likeness (QED) is 0.182. The molecule has 4 rings (SSSR count). The number of carbonyl (C=O) groups is 1. The average molecular weight is 421 g/mol. The van der Waals surface area contributed by atoms with E-state index < -0.39 is 0 Å². The van der Waals surface area contributed by atoms with Crippen molar-refractivity contribution in [3.05, 3.63) is 81.5 Å². The Bertz CT molecular complexity index is 1320. The van der Waals surface area contributed by atoms with Gasteiger partial charge in [0, 0.05) is 17.0 Å². The molecule has 6 heteroatoms. The van der Waals surface area contributed by atoms with E-state index in [2.05, 4.69) is 6.58 Å². The molecule has 0 aliphatic carbocycles. The van der Waals surface area contributed by atoms with Crippen LogP contribution < -0.4 is 5.56 Å². The number of allylic oxidation sites excluding steroid dienone is 1. The van der Waals surface area contributed by atoms with Crippen molar-refractivity contribution in [1.29, 1.82) is 0 Å². The molecule has 0 saturated heterocycles. The van der Waals surface area contributed by atoms with Crippen molar-refractivity contribution in [2.75, 3.05) is 5.75 Å². The first kappa shape index (κ1) is 19.6. The van der Waals surface area contributed by atoms with Gasteiger partial charge in [0.15, 0.2) is 10.9 Å². The van der Waals surface area contributed by atoms with Crippen molar-refractivity contribution in [2.24, 2.45) is 0 Å². The number of Topliss-reactive ketones (excluding diaryl/α,β-unsaturated/α-hetero) is 1. The normalized spacial score (nSPS) is 11.2. The molecule has 4 nitrogen and oxygen atoms in total. The fourth-order valence-electron chi connectivity index (χ4n) is 3.29. The second-order valence-electron chi connectivity index (χ2n) is 6.84. The van der Waals surface area contributed by atoms with Gasteiger partial charge >= 0.3 is 0 Å². The van der Waals surface area contributed by atoms with E-state index >= 15 is 0 Å². The number of aromatic nitrogens is 2. The number of benzene rings is 2. The Kier molecular flexibility index (Phi) is 5.39. The summed E-state index contributed by atoms with van der Waals surface area (Å²) in [6.07, 6.45) is 1.68. The molecule has 29 heavy (non-hydrogen) atoms. The lowest BCUT2D eigenvalue weighted by Crippen LogP contribution is -2.23. The molecule has 0 amide bonds. The van der Waals surface area contributed by atoms with Crippen LogP contribution in [0.3, 0.4) is 0 Å². The number of ketones is 1. The molecule has 0 radical (unpaired) electrons. The maximum Gasteiger partial charge on any atom is 0.263 e. The van der Waals surface area contributed by atoms with Gasteiger partial charge in [0.2, 0.25) is 0 Å². The number of fused-ring (bicyclic) bond motifs is 2. The van der Waals surface area contributed by atoms with Crippen LogP contribution in [-0.4, -0.2) is 21.1 Å². The van der Waals surface area contributed by atoms with E-state index in [-0.39, 0.29) is 17.1 Å². The first-order valence-corrected chi connectivity index (χ1v) is 11.1. The van der Waals surface area contributed by atoms with Gasteiger partial charge in [-0.1, -0.05) is 54.2 Å². The van der Waals surface area contributed by atoms with Gasteiger partial charge in [0.25, 0.3) is 5.56 Å². The second kappa shape index (κ2) is 7.97. The van der Waals surface area contributed by atoms with Crippen LogP contribution in [-0.2, 0) is 6.54 Å². The van der Waals surface area contributed by atoms with E-state index in [0.717, 1.165) is 26.0 Å². The Labute approximate surface area is 176 Å². The third kappa shape index (κ3) is 3.66. The van der Waals surface area contributed by atoms with Gasteiger partial charge in [-0.2, -0.15) is 0 Å². The first-order chi connectivity index (χ1) is 14.0. The number of nitrogens with zero attached hydrogens (tertiary/aromatic N) is 2. The third-order valence-corrected chi connectivity index (χ3v) is 7.05. The largest absolute Gasteiger partial charge is 0.293 e. The minimum absolute atomic E-state index is 0.0128. The molecule has 0 atom stereocenters. The zero-order valence-corrected chi connectivity index (χ0v) is 17.9. The van der Waals surface area contributed by atoms with Gasteiger partial charge in [0.1, 0.15) is 4.83 Å². The molecular formula is C23H20N2O2S2. The standard InChI is InChI=1S/C23H20N2O2S2/c1-4-11-25-22(27)20-14(2)15(3)29-21(20)24-23(25)28-13-19(26)18-10-9-16-7-5-6-8-17(16)12-18/h4-10,12H,1,11,13H2,2-3H3. The summed E-state index contributed by atoms with van der Waals surface area (Å²) in [7, 11) is 0. The van der Waals surface area contributed by atoms with Crippen molar-refractivity contribution in [3.8, 4) is 0 Å². The SMILES string of the molecule is C=CCn1c(SCC(=O)c2ccc3ccccc3c2)nc2sc(C)c(C)c2c1=O. The monoisotopic (exact) mass is 420 g/mol. The lowest BCUT2D eigenvalue weighted by molar-refractivity contribution is 0.102. The van der Waals surface area contributed by atoms with E-state index in [1.807, 2.05) is 56.3 Å². The van der Waals surface area contributed by atoms with Crippen molar-refractivity contribution in [3.63, 3.8) is 0 Å². The number of carbonyl (C=O) groups excluding carboxylic acids is 1. The maximum absolute atomic E-state index is 13.0. The minimum Gasteiger partial charge on any atom is -0.293 e. The lowest BCUT2D eigenvalue weighted by atomic mass is 10.1. The average Bonchev–Trinajstić information content (AvgIpc) is 3.02. The van der Waals surface area contributed by atoms with E-state index in [0.29, 0.717) is 22.7 Å². The number of aryl methyl sites for hydroxylation is 2. The highest BCUT2D eigenvalue weighted by Crippen LogP contribution is 2.28. The highest BCUT2D eigenvalue weighted by molar-refractivity contribution is 7.99. The van der Waals surface area contributed by atoms with E-state index in [1.165, 1.54) is 23.1 Å². The summed E-state index contributed by atoms with van der Waals surface area (Å²) < 4.78 is 1.60. The van der Waals surface area contributed by atoms with Crippen LogP contribution in [0.5, 0.6) is 0 Å². The van der Waals surface area contributed by atoms with Crippen molar-refractivity contribution >= 4 is 49.9 Å². The molecule has 0 bridgehead atoms. The second-order valence-corrected chi connectivity index (χ2v) is 8.98. The predicted octanol–water partition coefficient (Wildman–Crippen LogP) is 5.39. The smallest absolute Gasteiger partial charge is 0.263 e. The molecule has 0 spiro atoms. The van der Waals surface area contributed by atoms with Gasteiger partial charge in [-0.25, -0.2) is 4.98 Å². The van der Waals surface area contributed by atoms with E-state index in [1.54, 1.807) is 10.6 Å². The molecule has 0 aliphatic rings. The highest BCUT2D eigenvalue weighted by Gasteiger charge is 2.17. The summed E-state index contributed by atoms with van der Waals surface area (Å²) >= 11 is 2.82. The molecule has 0 aliphatic heterocycles. The molecule has 4 aromatic rings. The number of thioether (sulfide) groups is 1. The molecule has 0 N–H and O–H groups in total. The zero-order valence-electron chi connectivity index (χ0n) is 16.3. The van der Waals surface area contributed by atoms with Crippen LogP contribution in [0.1, 0.15) is 20.8 Å². The Morgan fingerprint density at radius 2 is 1.97 bits per heavy atom. The summed E-state index contributed by atoms with van der Waals surface area (Å²) in [5, 5.41) is 3.36. The molecule has 146 valence electrons. The Morgan fingerprint density at radius 3 is 2.72 bits per heavy atom. The van der Waals surface area contributed by atoms with Crippen LogP contribution in [0.15, 0.2) is 65.1 Å². The number of thiophene rings is 1. The van der Waals surface area contributed by atoms with Crippen LogP contribution in [0.4, 0.5) is 0 Å². The van der Waals surface area contributed by atoms with Gasteiger partial charge in [-0.3, -0.25) is 14.2 Å². The molecule has 0 fully saturated rings. The van der Waals surface area contributed by atoms with Crippen molar-refractivity contribution < 1.29 is 4.79 Å². The number of hydrogen-bond donors (Lipinski definition) is 0. The fourth-order valence-corrected chi connectivity index (χ4v) is 5.26. The van der Waals surface area contributed by atoms with Crippen LogP contribution in [0, 0.1) is 13.8 Å². The third-order valence-electron chi connectivity index (χ3n) is 4.97. The van der Waals surface area contributed by atoms with Crippen molar-refractivity contribution in [2.45, 2.75) is 25.5 Å². The highest BCUT2D eigenvalue weighted by atomic mass is 32.2. The lowest BCUT2D eigenvalue weighted by Gasteiger charge is -2.10. The topological polar surface area (TPSA) is 52.0 Å². The minimum atomic E-state index is -0.0718. The van der Waals surface area contributed by atoms with Crippen LogP contribution >= 0.6 is 23.1 Å². The van der Waals surface area contributed by atoms with Gasteiger partial charge in [-0.15, -0.1) is 17.9 Å². The fraction of sp³-hybridized carbons (Fsp3) is 0.174. The summed E-state index contributed by atoms with van der Waals surface area (Å²) in [6, 6.07) is 13.7. The molecule has 2 aromatic heterocycles. The maximum atomic E-state index is 13.0. The zero-order chi connectivity index (χ0) is 20.5. The number of rotatable bonds is 6. The summed E-state index contributed by atoms with van der Waals surface area (Å²) in [4.78, 5) is 32.3. The first-order valence-electron chi connectivity index (χ1n) is 9.26. The van der Waals surface area contributed by atoms with Crippen molar-refractivity contribution in [1.82, 2.24) is 9.55 Å². The number of hydrogen-bond acceptors (Lipinski definition) is 5. The summed E-state index contributed by atoms with van der Waals surface area (Å²) in [5.74, 6) is 0.232. The molecule has 0 unspecified atom stereocenters. The Hall–Kier alpha value is -2.70. The molecule has 0 saturated carbocycles. The van der Waals surface area contributed by atoms with Gasteiger partial charge < -0.3 is 0 Å². The predicted molar refractivity (Wildman–Crippen MR) is 123 cm³/mol. The van der Waals surface area contributed by atoms with Gasteiger partial charge in [0.05, 0.1) is 11.1 Å². The van der Waals surface area contributed by atoms with E-state index in [4.69, 9.17) is 4.98 Å². The summed E-state index contributed by atoms with van der Waals surface area (Å²) in [5.41, 5.74) is 1.57. The molecular weight excluding hydrogens is 400 g/mol. The van der Waals surface area contributed by atoms with Crippen LogP contribution in [0.2, 0.25) is 0 Å². The Balaban J connectivity index is 1.66. The van der Waals surface area contributed by atoms with E-state index in [9.17, 15) is 9.59 Å². The Morgan fingerprint density at radius 1 is 1.21 bits per heavy atom. The van der Waals surface area contributed by atoms with Gasteiger partial charge in [-0.05, 0) is 36.2 Å².